The van der Waals surface area contributed by atoms with Gasteiger partial charge in [0.2, 0.25) is 11.8 Å². The molecule has 5 aromatic heterocycles. The Labute approximate surface area is 325 Å². The summed E-state index contributed by atoms with van der Waals surface area (Å²) in [5.74, 6) is -1.00. The van der Waals surface area contributed by atoms with E-state index in [1.165, 1.54) is 4.68 Å². The minimum atomic E-state index is -4.72. The second-order valence-electron chi connectivity index (χ2n) is 16.1. The molecule has 2 saturated carbocycles. The largest absolute Gasteiger partial charge is 0.435 e. The molecule has 0 aliphatic heterocycles. The van der Waals surface area contributed by atoms with Gasteiger partial charge in [-0.05, 0) is 79.8 Å². The van der Waals surface area contributed by atoms with Crippen molar-refractivity contribution in [2.45, 2.75) is 82.5 Å². The quantitative estimate of drug-likeness (QED) is 0.145. The molecule has 0 unspecified atom stereocenters. The molecule has 0 saturated heterocycles. The van der Waals surface area contributed by atoms with Crippen molar-refractivity contribution in [3.63, 3.8) is 0 Å². The average molecular weight is 786 g/mol. The summed E-state index contributed by atoms with van der Waals surface area (Å²) in [6.45, 7) is 3.69. The lowest BCUT2D eigenvalue weighted by Crippen LogP contribution is -2.55. The van der Waals surface area contributed by atoms with Crippen molar-refractivity contribution in [1.29, 1.82) is 0 Å². The first-order valence-electron chi connectivity index (χ1n) is 18.9. The molecule has 13 nitrogen and oxygen atoms in total. The van der Waals surface area contributed by atoms with E-state index in [2.05, 4.69) is 36.0 Å². The Kier molecular flexibility index (Phi) is 9.72. The zero-order valence-corrected chi connectivity index (χ0v) is 31.9. The number of alkyl halides is 4. The maximum atomic E-state index is 14.0. The van der Waals surface area contributed by atoms with E-state index in [0.717, 1.165) is 33.7 Å². The first-order chi connectivity index (χ1) is 27.1. The van der Waals surface area contributed by atoms with E-state index >= 15 is 0 Å². The average Bonchev–Trinajstić information content (AvgIpc) is 3.45. The van der Waals surface area contributed by atoms with E-state index in [0.29, 0.717) is 31.5 Å². The highest BCUT2D eigenvalue weighted by atomic mass is 19.4. The van der Waals surface area contributed by atoms with Crippen molar-refractivity contribution in [2.24, 2.45) is 25.9 Å². The highest BCUT2D eigenvalue weighted by molar-refractivity contribution is 5.90. The molecule has 2 aliphatic carbocycles. The number of halogens is 4. The number of aromatic nitrogens is 9. The summed E-state index contributed by atoms with van der Waals surface area (Å²) in [6, 6.07) is 11.6. The lowest BCUT2D eigenvalue weighted by atomic mass is 9.83. The van der Waals surface area contributed by atoms with Gasteiger partial charge in [-0.15, -0.1) is 0 Å². The molecule has 0 spiro atoms. The Balaban J connectivity index is 0.951. The van der Waals surface area contributed by atoms with E-state index in [-0.39, 0.29) is 48.0 Å². The maximum absolute atomic E-state index is 14.0. The number of aryl methyl sites for hydroxylation is 2. The van der Waals surface area contributed by atoms with E-state index in [1.807, 2.05) is 43.6 Å². The Hall–Kier alpha value is -5.87. The second kappa shape index (κ2) is 14.6. The number of hydrogen-bond donors (Lipinski definition) is 2. The van der Waals surface area contributed by atoms with E-state index in [1.54, 1.807) is 65.8 Å². The monoisotopic (exact) mass is 785 g/mol. The van der Waals surface area contributed by atoms with Crippen molar-refractivity contribution in [1.82, 2.24) is 54.7 Å². The van der Waals surface area contributed by atoms with Crippen LogP contribution in [0.3, 0.4) is 0 Å². The predicted molar refractivity (Wildman–Crippen MR) is 202 cm³/mol. The van der Waals surface area contributed by atoms with E-state index < -0.39 is 35.5 Å². The number of nitrogens with zero attached hydrogens (tertiary/aromatic N) is 9. The molecule has 2 aliphatic rings. The van der Waals surface area contributed by atoms with Crippen LogP contribution < -0.4 is 10.6 Å². The molecule has 6 aromatic rings. The lowest BCUT2D eigenvalue weighted by molar-refractivity contribution is -0.141. The summed E-state index contributed by atoms with van der Waals surface area (Å²) in [7, 11) is 3.60. The van der Waals surface area contributed by atoms with Crippen LogP contribution in [-0.4, -0.2) is 73.7 Å². The third-order valence-corrected chi connectivity index (χ3v) is 10.7. The van der Waals surface area contributed by atoms with Crippen LogP contribution in [0.15, 0.2) is 73.4 Å². The first kappa shape index (κ1) is 38.0. The smallest absolute Gasteiger partial charge is 0.348 e. The Bertz CT molecular complexity index is 2420. The molecule has 298 valence electrons. The Morgan fingerprint density at radius 2 is 1.70 bits per heavy atom. The number of hydrogen-bond acceptors (Lipinski definition) is 7. The fourth-order valence-corrected chi connectivity index (χ4v) is 7.65. The van der Waals surface area contributed by atoms with Gasteiger partial charge in [0.05, 0.1) is 24.0 Å². The number of nitrogens with one attached hydrogen (secondary N) is 2. The van der Waals surface area contributed by atoms with Crippen LogP contribution in [0.5, 0.6) is 0 Å². The van der Waals surface area contributed by atoms with Gasteiger partial charge >= 0.3 is 6.18 Å². The normalized spacial score (nSPS) is 20.0. The minimum absolute atomic E-state index is 0.0182. The van der Waals surface area contributed by atoms with Gasteiger partial charge in [0.15, 0.2) is 11.3 Å². The van der Waals surface area contributed by atoms with Crippen molar-refractivity contribution < 1.29 is 27.2 Å². The first-order valence-corrected chi connectivity index (χ1v) is 18.9. The molecule has 0 radical (unpaired) electrons. The topological polar surface area (TPSA) is 142 Å². The Morgan fingerprint density at radius 1 is 0.930 bits per heavy atom. The summed E-state index contributed by atoms with van der Waals surface area (Å²) >= 11 is 0. The van der Waals surface area contributed by atoms with Crippen molar-refractivity contribution in [3.05, 3.63) is 90.3 Å². The maximum Gasteiger partial charge on any atom is 0.435 e. The molecular weight excluding hydrogens is 743 g/mol. The third-order valence-electron chi connectivity index (χ3n) is 10.7. The zero-order valence-electron chi connectivity index (χ0n) is 31.9. The highest BCUT2D eigenvalue weighted by Gasteiger charge is 2.45. The molecule has 1 aromatic carbocycles. The molecule has 0 bridgehead atoms. The van der Waals surface area contributed by atoms with Crippen LogP contribution in [0, 0.1) is 11.8 Å². The summed E-state index contributed by atoms with van der Waals surface area (Å²) in [5.41, 5.74) is 2.54. The van der Waals surface area contributed by atoms with Crippen molar-refractivity contribution >= 4 is 22.8 Å². The van der Waals surface area contributed by atoms with Gasteiger partial charge < -0.3 is 10.6 Å². The van der Waals surface area contributed by atoms with Gasteiger partial charge in [0.1, 0.15) is 17.9 Å². The van der Waals surface area contributed by atoms with Crippen molar-refractivity contribution in [3.8, 4) is 22.5 Å². The van der Waals surface area contributed by atoms with Gasteiger partial charge in [0, 0.05) is 68.7 Å². The van der Waals surface area contributed by atoms with Crippen LogP contribution in [0.2, 0.25) is 0 Å². The van der Waals surface area contributed by atoms with Gasteiger partial charge in [-0.2, -0.15) is 33.6 Å². The fraction of sp³-hybridized carbons (Fsp3) is 0.425. The second-order valence-corrected chi connectivity index (χ2v) is 16.1. The van der Waals surface area contributed by atoms with Gasteiger partial charge in [-0.3, -0.25) is 28.3 Å². The predicted octanol–water partition coefficient (Wildman–Crippen LogP) is 5.62. The fourth-order valence-electron chi connectivity index (χ4n) is 7.65. The summed E-state index contributed by atoms with van der Waals surface area (Å²) < 4.78 is 61.3. The van der Waals surface area contributed by atoms with E-state index in [4.69, 9.17) is 0 Å². The minimum Gasteiger partial charge on any atom is -0.348 e. The molecule has 3 atom stereocenters. The van der Waals surface area contributed by atoms with Crippen LogP contribution >= 0.6 is 0 Å². The molecule has 8 rings (SSSR count). The molecule has 2 amide bonds. The highest BCUT2D eigenvalue weighted by Crippen LogP contribution is 2.48. The Morgan fingerprint density at radius 3 is 2.40 bits per heavy atom. The van der Waals surface area contributed by atoms with Crippen LogP contribution in [-0.2, 0) is 49.4 Å². The van der Waals surface area contributed by atoms with Gasteiger partial charge in [0.25, 0.3) is 0 Å². The SMILES string of the molecule is Cn1cc(C[C@@H](NC(=O)[C@H]2C[C@@H]2c2ccc(-c3cnc4nn(C)cc4c3)cc2)C(=O)NC(C)(C)Cn2nc(C(F)(F)F)cc2-c2ccn(CC3CC(F)C3)n2)cn1. The number of carbonyl (C=O) groups is 2. The van der Waals surface area contributed by atoms with Gasteiger partial charge in [-0.25, -0.2) is 9.37 Å². The van der Waals surface area contributed by atoms with Gasteiger partial charge in [-0.1, -0.05) is 24.3 Å². The van der Waals surface area contributed by atoms with Crippen LogP contribution in [0.25, 0.3) is 33.5 Å². The number of fused-ring (bicyclic) bond motifs is 1. The third kappa shape index (κ3) is 8.46. The zero-order chi connectivity index (χ0) is 40.2. The molecular formula is C40H43F4N11O2. The molecule has 2 fully saturated rings. The number of carbonyl (C=O) groups excluding carboxylic acids is 2. The van der Waals surface area contributed by atoms with Crippen LogP contribution in [0.1, 0.15) is 55.8 Å². The van der Waals surface area contributed by atoms with Crippen molar-refractivity contribution in [2.75, 3.05) is 0 Å². The number of amides is 2. The number of pyridine rings is 1. The molecule has 5 heterocycles. The van der Waals surface area contributed by atoms with Crippen LogP contribution in [0.4, 0.5) is 17.6 Å². The van der Waals surface area contributed by atoms with E-state index in [9.17, 15) is 27.2 Å². The summed E-state index contributed by atoms with van der Waals surface area (Å²) in [5, 5.41) is 23.8. The molecule has 57 heavy (non-hydrogen) atoms. The lowest BCUT2D eigenvalue weighted by Gasteiger charge is -2.30. The molecule has 2 N–H and O–H groups in total. The number of rotatable bonds is 13. The summed E-state index contributed by atoms with van der Waals surface area (Å²) in [4.78, 5) is 32.2. The summed E-state index contributed by atoms with van der Waals surface area (Å²) in [6.07, 6.45) is 4.83. The number of benzene rings is 1. The standard InChI is InChI=1S/C40H43F4N11O2/c1-39(2,22-55-34(16-35(50-55)40(42,43)44)32-9-10-54(49-32)20-23-11-29(41)12-23)48-38(57)33(13-24-17-46-52(3)19-24)47-37(56)31-15-30(31)26-7-5-25(6-8-26)27-14-28-21-53(4)51-36(28)45-18-27/h5-10,14,16-19,21,23,29-31,33H,11-13,15,20,22H2,1-4H3,(H,47,56)(H,48,57)/t23?,29?,30-,31+,33-/m1/s1. The molecule has 17 heteroatoms.